The van der Waals surface area contributed by atoms with Gasteiger partial charge in [0, 0.05) is 25.6 Å². The smallest absolute Gasteiger partial charge is 0.321 e. The van der Waals surface area contributed by atoms with E-state index in [1.54, 1.807) is 40.9 Å². The molecular weight excluding hydrogens is 783 g/mol. The van der Waals surface area contributed by atoms with E-state index in [1.807, 2.05) is 33.8 Å². The van der Waals surface area contributed by atoms with E-state index in [0.717, 1.165) is 31.0 Å². The van der Waals surface area contributed by atoms with Crippen LogP contribution in [0.25, 0.3) is 0 Å². The Morgan fingerprint density at radius 2 is 1.40 bits per heavy atom. The molecule has 5 aromatic rings. The Labute approximate surface area is 318 Å². The molecule has 1 saturated carbocycles. The van der Waals surface area contributed by atoms with Gasteiger partial charge in [0.2, 0.25) is 10.6 Å². The van der Waals surface area contributed by atoms with Crippen molar-refractivity contribution in [1.29, 1.82) is 0 Å². The molecule has 276 valence electrons. The molecule has 1 saturated heterocycles. The summed E-state index contributed by atoms with van der Waals surface area (Å²) < 4.78 is 48.2. The molecule has 1 unspecified atom stereocenters. The molecule has 2 aromatic carbocycles. The van der Waals surface area contributed by atoms with Crippen molar-refractivity contribution in [3.63, 3.8) is 0 Å². The second-order valence-electron chi connectivity index (χ2n) is 13.2. The van der Waals surface area contributed by atoms with Gasteiger partial charge < -0.3 is 19.1 Å². The number of anilines is 1. The number of nitrogens with zero attached hydrogens (tertiary/aromatic N) is 9. The summed E-state index contributed by atoms with van der Waals surface area (Å²) in [7, 11) is 1.60. The molecule has 0 amide bonds. The fourth-order valence-electron chi connectivity index (χ4n) is 6.56. The van der Waals surface area contributed by atoms with Crippen LogP contribution in [0.5, 0.6) is 29.4 Å². The van der Waals surface area contributed by atoms with Crippen molar-refractivity contribution in [3.8, 4) is 29.4 Å². The lowest BCUT2D eigenvalue weighted by Crippen LogP contribution is -2.42. The van der Waals surface area contributed by atoms with Gasteiger partial charge in [0.15, 0.2) is 29.0 Å². The van der Waals surface area contributed by atoms with Crippen LogP contribution >= 0.6 is 39.1 Å². The van der Waals surface area contributed by atoms with Gasteiger partial charge in [-0.2, -0.15) is 20.2 Å². The Balaban J connectivity index is 0.000000217. The van der Waals surface area contributed by atoms with E-state index in [0.29, 0.717) is 28.4 Å². The topological polar surface area (TPSA) is 118 Å². The number of hydrogen-bond donors (Lipinski definition) is 0. The lowest BCUT2D eigenvalue weighted by molar-refractivity contribution is 0.265. The fourth-order valence-corrected chi connectivity index (χ4v) is 7.21. The molecule has 3 atom stereocenters. The Morgan fingerprint density at radius 1 is 0.846 bits per heavy atom. The molecule has 4 heterocycles. The molecule has 1 aliphatic carbocycles. The van der Waals surface area contributed by atoms with E-state index >= 15 is 0 Å². The van der Waals surface area contributed by atoms with Crippen LogP contribution in [0.3, 0.4) is 0 Å². The highest BCUT2D eigenvalue weighted by Gasteiger charge is 2.43. The molecule has 3 aromatic heterocycles. The van der Waals surface area contributed by atoms with E-state index in [4.69, 9.17) is 42.5 Å². The first-order valence-corrected chi connectivity index (χ1v) is 18.4. The molecule has 12 nitrogen and oxygen atoms in total. The van der Waals surface area contributed by atoms with Crippen LogP contribution in [0, 0.1) is 29.4 Å². The Kier molecular flexibility index (Phi) is 11.8. The zero-order valence-corrected chi connectivity index (χ0v) is 32.3. The van der Waals surface area contributed by atoms with Crippen LogP contribution in [-0.4, -0.2) is 59.9 Å². The number of hydrogen-bond acceptors (Lipinski definition) is 10. The molecule has 0 N–H and O–H groups in total. The van der Waals surface area contributed by atoms with E-state index in [-0.39, 0.29) is 45.6 Å². The zero-order valence-electron chi connectivity index (χ0n) is 29.2. The summed E-state index contributed by atoms with van der Waals surface area (Å²) >= 11 is 14.7. The van der Waals surface area contributed by atoms with E-state index in [2.05, 4.69) is 46.1 Å². The zero-order chi connectivity index (χ0) is 37.1. The highest BCUT2D eigenvalue weighted by molar-refractivity contribution is 9.10. The van der Waals surface area contributed by atoms with Crippen molar-refractivity contribution < 1.29 is 23.0 Å². The summed E-state index contributed by atoms with van der Waals surface area (Å²) in [5.74, 6) is 1.68. The predicted octanol–water partition coefficient (Wildman–Crippen LogP) is 9.15. The molecule has 52 heavy (non-hydrogen) atoms. The van der Waals surface area contributed by atoms with Crippen molar-refractivity contribution in [2.75, 3.05) is 25.1 Å². The van der Waals surface area contributed by atoms with Gasteiger partial charge in [-0.3, -0.25) is 0 Å². The highest BCUT2D eigenvalue weighted by Crippen LogP contribution is 2.45. The fraction of sp³-hybridized carbons (Fsp3) is 0.429. The number of piperidine rings is 1. The first kappa shape index (κ1) is 37.7. The molecule has 0 radical (unpaired) electrons. The Hall–Kier alpha value is -4.08. The second kappa shape index (κ2) is 16.3. The minimum atomic E-state index is -0.617. The van der Waals surface area contributed by atoms with Crippen molar-refractivity contribution in [2.45, 2.75) is 59.0 Å². The summed E-state index contributed by atoms with van der Waals surface area (Å²) in [6.07, 6.45) is 4.94. The number of rotatable bonds is 10. The monoisotopic (exact) mass is 819 g/mol. The minimum Gasteiger partial charge on any atom is -0.480 e. The molecule has 2 fully saturated rings. The molecule has 2 aliphatic rings. The number of benzene rings is 2. The van der Waals surface area contributed by atoms with Crippen molar-refractivity contribution in [1.82, 2.24) is 39.7 Å². The lowest BCUT2D eigenvalue weighted by Gasteiger charge is -2.38. The standard InChI is InChI=1S/C24H28ClFN6O2.C11H10BrClFN3O/c1-14(2)32-24(34-20-6-4-5-19(25)23(20)26)28-21(30-32)10-18-15-7-8-16(18)13-31(12-15)17-9-22(33-3)29-27-11-17;1-6(2)17-11(15-10(12)16-17)18-8-5-3-4-7(13)9(8)14/h4-6,9,11,14-16,18H,7-8,10,12-13H2,1-3H3;3-6H,1-2H3/t15-,16+,18?;. The Bertz CT molecular complexity index is 2000. The van der Waals surface area contributed by atoms with Crippen LogP contribution in [-0.2, 0) is 6.42 Å². The van der Waals surface area contributed by atoms with Gasteiger partial charge in [-0.05, 0) is 98.5 Å². The summed E-state index contributed by atoms with van der Waals surface area (Å²) in [5, 5.41) is 16.9. The molecular formula is C35H38BrCl2F2N9O3. The maximum absolute atomic E-state index is 14.4. The minimum absolute atomic E-state index is 0.00202. The van der Waals surface area contributed by atoms with Gasteiger partial charge in [0.05, 0.1) is 41.1 Å². The van der Waals surface area contributed by atoms with Gasteiger partial charge in [-0.15, -0.1) is 10.2 Å². The molecule has 7 rings (SSSR count). The van der Waals surface area contributed by atoms with Gasteiger partial charge in [-0.25, -0.2) is 18.1 Å². The molecule has 1 aliphatic heterocycles. The van der Waals surface area contributed by atoms with E-state index in [9.17, 15) is 8.78 Å². The summed E-state index contributed by atoms with van der Waals surface area (Å²) in [5.41, 5.74) is 1.05. The van der Waals surface area contributed by atoms with Gasteiger partial charge >= 0.3 is 12.0 Å². The van der Waals surface area contributed by atoms with Gasteiger partial charge in [-0.1, -0.05) is 35.3 Å². The van der Waals surface area contributed by atoms with Crippen LogP contribution in [0.4, 0.5) is 14.5 Å². The number of aromatic nitrogens is 8. The van der Waals surface area contributed by atoms with Crippen LogP contribution in [0.15, 0.2) is 53.4 Å². The average Bonchev–Trinajstić information content (AvgIpc) is 3.77. The SMILES string of the molecule is CC(C)n1nc(Br)nc1Oc1cccc(Cl)c1F.COc1cc(N2C[C@H]3CC[C@@H](C2)C3Cc2nc(Oc3cccc(Cl)c3F)n(C(C)C)n2)cnn1. The predicted molar refractivity (Wildman–Crippen MR) is 196 cm³/mol. The summed E-state index contributed by atoms with van der Waals surface area (Å²) in [4.78, 5) is 11.1. The maximum atomic E-state index is 14.4. The molecule has 17 heteroatoms. The Morgan fingerprint density at radius 3 is 1.96 bits per heavy atom. The largest absolute Gasteiger partial charge is 0.480 e. The normalized spacial score (nSPS) is 18.1. The van der Waals surface area contributed by atoms with Crippen molar-refractivity contribution in [2.24, 2.45) is 17.8 Å². The second-order valence-corrected chi connectivity index (χ2v) is 14.7. The molecule has 0 spiro atoms. The summed E-state index contributed by atoms with van der Waals surface area (Å²) in [6, 6.07) is 11.7. The maximum Gasteiger partial charge on any atom is 0.321 e. The van der Waals surface area contributed by atoms with Gasteiger partial charge in [0.25, 0.3) is 0 Å². The third-order valence-electron chi connectivity index (χ3n) is 9.07. The van der Waals surface area contributed by atoms with Gasteiger partial charge in [0.1, 0.15) is 0 Å². The number of halogens is 5. The molecule has 2 bridgehead atoms. The number of fused-ring (bicyclic) bond motifs is 2. The third-order valence-corrected chi connectivity index (χ3v) is 9.99. The van der Waals surface area contributed by atoms with Crippen molar-refractivity contribution >= 4 is 44.8 Å². The number of methoxy groups -OCH3 is 1. The highest BCUT2D eigenvalue weighted by atomic mass is 79.9. The van der Waals surface area contributed by atoms with Crippen LogP contribution in [0.1, 0.15) is 58.4 Å². The average molecular weight is 822 g/mol. The first-order valence-electron chi connectivity index (χ1n) is 16.8. The van der Waals surface area contributed by atoms with Crippen LogP contribution < -0.4 is 19.1 Å². The summed E-state index contributed by atoms with van der Waals surface area (Å²) in [6.45, 7) is 9.75. The lowest BCUT2D eigenvalue weighted by atomic mass is 9.82. The third kappa shape index (κ3) is 8.42. The quantitative estimate of drug-likeness (QED) is 0.135. The number of ether oxygens (including phenoxy) is 3. The van der Waals surface area contributed by atoms with Crippen molar-refractivity contribution in [3.05, 3.63) is 80.9 Å². The van der Waals surface area contributed by atoms with E-state index < -0.39 is 11.6 Å². The first-order chi connectivity index (χ1) is 24.9. The van der Waals surface area contributed by atoms with E-state index in [1.165, 1.54) is 31.0 Å². The van der Waals surface area contributed by atoms with Crippen LogP contribution in [0.2, 0.25) is 10.0 Å².